The van der Waals surface area contributed by atoms with Crippen LogP contribution < -0.4 is 5.32 Å². The molecule has 1 aromatic rings. The summed E-state index contributed by atoms with van der Waals surface area (Å²) in [6, 6.07) is 0. The zero-order valence-corrected chi connectivity index (χ0v) is 11.5. The van der Waals surface area contributed by atoms with E-state index >= 15 is 0 Å². The van der Waals surface area contributed by atoms with Crippen LogP contribution in [0.5, 0.6) is 0 Å². The number of hydrogen-bond donors (Lipinski definition) is 1. The summed E-state index contributed by atoms with van der Waals surface area (Å²) in [6.45, 7) is 4.65. The van der Waals surface area contributed by atoms with Crippen LogP contribution in [-0.2, 0) is 18.3 Å². The summed E-state index contributed by atoms with van der Waals surface area (Å²) < 4.78 is 1.96. The van der Waals surface area contributed by atoms with E-state index in [2.05, 4.69) is 26.2 Å². The van der Waals surface area contributed by atoms with Gasteiger partial charge in [0, 0.05) is 32.4 Å². The topological polar surface area (TPSA) is 46.9 Å². The summed E-state index contributed by atoms with van der Waals surface area (Å²) in [6.07, 6.45) is 4.42. The molecule has 1 atom stereocenters. The van der Waals surface area contributed by atoms with E-state index in [1.807, 2.05) is 31.7 Å². The lowest BCUT2D eigenvalue weighted by molar-refractivity contribution is -0.121. The lowest BCUT2D eigenvalue weighted by atomic mass is 10.1. The first-order valence-corrected chi connectivity index (χ1v) is 6.32. The number of carbonyl (C=O) groups excluding carboxylic acids is 1. The van der Waals surface area contributed by atoms with Crippen molar-refractivity contribution in [3.63, 3.8) is 0 Å². The molecule has 1 amide bonds. The molecule has 0 aliphatic rings. The molecule has 5 heteroatoms. The fourth-order valence-corrected chi connectivity index (χ4v) is 1.50. The molecule has 0 radical (unpaired) electrons. The number of rotatable bonds is 5. The normalized spacial score (nSPS) is 12.8. The highest BCUT2D eigenvalue weighted by molar-refractivity contribution is 9.10. The number of hydrogen-bond acceptors (Lipinski definition) is 2. The Labute approximate surface area is 105 Å². The highest BCUT2D eigenvalue weighted by Crippen LogP contribution is 2.11. The van der Waals surface area contributed by atoms with Gasteiger partial charge < -0.3 is 9.88 Å². The van der Waals surface area contributed by atoms with E-state index in [9.17, 15) is 4.79 Å². The third kappa shape index (κ3) is 3.63. The molecule has 0 fully saturated rings. The summed E-state index contributed by atoms with van der Waals surface area (Å²) in [5.41, 5.74) is 0. The average Bonchev–Trinajstić information content (AvgIpc) is 2.63. The Morgan fingerprint density at radius 1 is 1.62 bits per heavy atom. The molecular formula is C11H18BrN3O. The van der Waals surface area contributed by atoms with Crippen LogP contribution in [0.15, 0.2) is 12.4 Å². The number of imidazole rings is 1. The van der Waals surface area contributed by atoms with Crippen LogP contribution in [0.4, 0.5) is 0 Å². The molecule has 0 aromatic carbocycles. The Morgan fingerprint density at radius 2 is 2.31 bits per heavy atom. The number of nitrogens with zero attached hydrogens (tertiary/aromatic N) is 2. The van der Waals surface area contributed by atoms with E-state index in [0.717, 1.165) is 12.2 Å². The van der Waals surface area contributed by atoms with Gasteiger partial charge in [0.2, 0.25) is 5.91 Å². The van der Waals surface area contributed by atoms with Crippen LogP contribution in [0.3, 0.4) is 0 Å². The van der Waals surface area contributed by atoms with Crippen LogP contribution in [-0.4, -0.2) is 26.8 Å². The predicted octanol–water partition coefficient (Wildman–Crippen LogP) is 1.50. The molecule has 90 valence electrons. The quantitative estimate of drug-likeness (QED) is 0.835. The van der Waals surface area contributed by atoms with Crippen molar-refractivity contribution in [2.24, 2.45) is 13.0 Å². The first-order chi connectivity index (χ1) is 7.52. The van der Waals surface area contributed by atoms with Gasteiger partial charge in [-0.1, -0.05) is 29.8 Å². The zero-order valence-electron chi connectivity index (χ0n) is 9.90. The molecule has 4 nitrogen and oxygen atoms in total. The van der Waals surface area contributed by atoms with Crippen molar-refractivity contribution < 1.29 is 4.79 Å². The second kappa shape index (κ2) is 6.03. The standard InChI is InChI=1S/C11H18BrN3O/c1-8(2)10(12)11(16)14-5-4-9-13-6-7-15(9)3/h6-8,10H,4-5H2,1-3H3,(H,14,16). The van der Waals surface area contributed by atoms with Gasteiger partial charge in [-0.05, 0) is 5.92 Å². The first kappa shape index (κ1) is 13.2. The monoisotopic (exact) mass is 287 g/mol. The van der Waals surface area contributed by atoms with Gasteiger partial charge in [-0.3, -0.25) is 4.79 Å². The van der Waals surface area contributed by atoms with Crippen molar-refractivity contribution in [3.05, 3.63) is 18.2 Å². The van der Waals surface area contributed by atoms with Crippen LogP contribution in [0.2, 0.25) is 0 Å². The Kier molecular flexibility index (Phi) is 4.99. The molecule has 0 spiro atoms. The Hall–Kier alpha value is -0.840. The lowest BCUT2D eigenvalue weighted by Gasteiger charge is -2.13. The molecule has 0 saturated carbocycles. The van der Waals surface area contributed by atoms with Crippen molar-refractivity contribution in [1.82, 2.24) is 14.9 Å². The van der Waals surface area contributed by atoms with Crippen LogP contribution in [0.1, 0.15) is 19.7 Å². The largest absolute Gasteiger partial charge is 0.355 e. The minimum atomic E-state index is -0.117. The number of alkyl halides is 1. The maximum atomic E-state index is 11.6. The van der Waals surface area contributed by atoms with Crippen molar-refractivity contribution in [2.75, 3.05) is 6.54 Å². The van der Waals surface area contributed by atoms with Crippen molar-refractivity contribution in [1.29, 1.82) is 0 Å². The van der Waals surface area contributed by atoms with Gasteiger partial charge in [0.05, 0.1) is 4.83 Å². The van der Waals surface area contributed by atoms with Gasteiger partial charge in [0.1, 0.15) is 5.82 Å². The van der Waals surface area contributed by atoms with E-state index in [1.54, 1.807) is 6.20 Å². The van der Waals surface area contributed by atoms with Gasteiger partial charge >= 0.3 is 0 Å². The maximum Gasteiger partial charge on any atom is 0.234 e. The third-order valence-corrected chi connectivity index (χ3v) is 3.88. The van der Waals surface area contributed by atoms with Crippen LogP contribution >= 0.6 is 15.9 Å². The number of aromatic nitrogens is 2. The molecule has 1 aromatic heterocycles. The third-order valence-electron chi connectivity index (χ3n) is 2.40. The summed E-state index contributed by atoms with van der Waals surface area (Å²) >= 11 is 3.37. The van der Waals surface area contributed by atoms with Crippen molar-refractivity contribution in [3.8, 4) is 0 Å². The van der Waals surface area contributed by atoms with Gasteiger partial charge in [-0.15, -0.1) is 0 Å². The smallest absolute Gasteiger partial charge is 0.234 e. The molecular weight excluding hydrogens is 270 g/mol. The lowest BCUT2D eigenvalue weighted by Crippen LogP contribution is -2.35. The zero-order chi connectivity index (χ0) is 12.1. The summed E-state index contributed by atoms with van der Waals surface area (Å²) in [5, 5.41) is 2.89. The number of halogens is 1. The van der Waals surface area contributed by atoms with E-state index < -0.39 is 0 Å². The fraction of sp³-hybridized carbons (Fsp3) is 0.636. The molecule has 1 heterocycles. The molecule has 1 N–H and O–H groups in total. The molecule has 0 saturated heterocycles. The van der Waals surface area contributed by atoms with Crippen LogP contribution in [0.25, 0.3) is 0 Å². The molecule has 16 heavy (non-hydrogen) atoms. The molecule has 0 bridgehead atoms. The SMILES string of the molecule is CC(C)C(Br)C(=O)NCCc1nccn1C. The van der Waals surface area contributed by atoms with E-state index in [1.165, 1.54) is 0 Å². The minimum Gasteiger partial charge on any atom is -0.355 e. The van der Waals surface area contributed by atoms with E-state index in [-0.39, 0.29) is 10.7 Å². The number of nitrogens with one attached hydrogen (secondary N) is 1. The second-order valence-corrected chi connectivity index (χ2v) is 5.13. The molecule has 1 rings (SSSR count). The van der Waals surface area contributed by atoms with Gasteiger partial charge in [0.15, 0.2) is 0 Å². The summed E-state index contributed by atoms with van der Waals surface area (Å²) in [5.74, 6) is 1.33. The van der Waals surface area contributed by atoms with E-state index in [4.69, 9.17) is 0 Å². The second-order valence-electron chi connectivity index (χ2n) is 4.14. The van der Waals surface area contributed by atoms with Gasteiger partial charge in [-0.2, -0.15) is 0 Å². The molecule has 0 aliphatic heterocycles. The van der Waals surface area contributed by atoms with E-state index in [0.29, 0.717) is 12.5 Å². The maximum absolute atomic E-state index is 11.6. The Bertz CT molecular complexity index is 349. The first-order valence-electron chi connectivity index (χ1n) is 5.40. The fourth-order valence-electron chi connectivity index (χ4n) is 1.34. The van der Waals surface area contributed by atoms with Gasteiger partial charge in [-0.25, -0.2) is 4.98 Å². The van der Waals surface area contributed by atoms with Crippen LogP contribution in [0, 0.1) is 5.92 Å². The number of carbonyl (C=O) groups is 1. The van der Waals surface area contributed by atoms with Crippen molar-refractivity contribution >= 4 is 21.8 Å². The van der Waals surface area contributed by atoms with Crippen molar-refractivity contribution in [2.45, 2.75) is 25.1 Å². The Morgan fingerprint density at radius 3 is 2.81 bits per heavy atom. The summed E-state index contributed by atoms with van der Waals surface area (Å²) in [4.78, 5) is 15.7. The average molecular weight is 288 g/mol. The predicted molar refractivity (Wildman–Crippen MR) is 67.5 cm³/mol. The Balaban J connectivity index is 2.31. The number of amides is 1. The minimum absolute atomic E-state index is 0.0456. The molecule has 1 unspecified atom stereocenters. The van der Waals surface area contributed by atoms with Gasteiger partial charge in [0.25, 0.3) is 0 Å². The number of aryl methyl sites for hydroxylation is 1. The highest BCUT2D eigenvalue weighted by atomic mass is 79.9. The summed E-state index contributed by atoms with van der Waals surface area (Å²) in [7, 11) is 1.95. The highest BCUT2D eigenvalue weighted by Gasteiger charge is 2.17. The molecule has 0 aliphatic carbocycles.